The van der Waals surface area contributed by atoms with Gasteiger partial charge in [0.25, 0.3) is 10.0 Å². The van der Waals surface area contributed by atoms with Gasteiger partial charge in [-0.2, -0.15) is 8.42 Å². The molecule has 0 unspecified atom stereocenters. The summed E-state index contributed by atoms with van der Waals surface area (Å²) in [6.07, 6.45) is 4.30. The lowest BCUT2D eigenvalue weighted by molar-refractivity contribution is 0.489. The Morgan fingerprint density at radius 1 is 1.00 bits per heavy atom. The summed E-state index contributed by atoms with van der Waals surface area (Å²) in [5.74, 6) is -2.35. The van der Waals surface area contributed by atoms with Crippen LogP contribution in [0.5, 0.6) is 0 Å². The van der Waals surface area contributed by atoms with Gasteiger partial charge in [-0.15, -0.1) is 9.19 Å². The molecule has 0 N–H and O–H groups in total. The van der Waals surface area contributed by atoms with E-state index < -0.39 is 53.2 Å². The highest BCUT2D eigenvalue weighted by Crippen LogP contribution is 2.49. The van der Waals surface area contributed by atoms with Crippen LogP contribution in [-0.2, 0) is 20.0 Å². The van der Waals surface area contributed by atoms with E-state index in [9.17, 15) is 25.6 Å². The number of aromatic nitrogens is 4. The van der Waals surface area contributed by atoms with Crippen LogP contribution < -0.4 is 9.80 Å². The van der Waals surface area contributed by atoms with Crippen molar-refractivity contribution in [2.45, 2.75) is 42.4 Å². The lowest BCUT2D eigenvalue weighted by Gasteiger charge is -2.43. The first kappa shape index (κ1) is 27.8. The predicted molar refractivity (Wildman–Crippen MR) is 147 cm³/mol. The van der Waals surface area contributed by atoms with Gasteiger partial charge >= 0.3 is 0 Å². The zero-order valence-electron chi connectivity index (χ0n) is 21.8. The summed E-state index contributed by atoms with van der Waals surface area (Å²) in [6, 6.07) is 4.21. The van der Waals surface area contributed by atoms with Crippen LogP contribution in [0.1, 0.15) is 26.7 Å². The molecule has 1 saturated heterocycles. The topological polar surface area (TPSA) is 110 Å². The molecule has 1 aromatic carbocycles. The fourth-order valence-electron chi connectivity index (χ4n) is 5.20. The molecule has 1 spiro atoms. The van der Waals surface area contributed by atoms with Crippen molar-refractivity contribution in [1.29, 1.82) is 0 Å². The van der Waals surface area contributed by atoms with Crippen LogP contribution in [0.15, 0.2) is 47.8 Å². The molecule has 41 heavy (non-hydrogen) atoms. The van der Waals surface area contributed by atoms with Gasteiger partial charge in [-0.1, -0.05) is 11.6 Å². The molecular formula is C25H24ClF3N6O4S2. The molecule has 0 radical (unpaired) electrons. The van der Waals surface area contributed by atoms with Gasteiger partial charge in [0.2, 0.25) is 10.0 Å². The summed E-state index contributed by atoms with van der Waals surface area (Å²) in [4.78, 5) is 7.04. The number of anilines is 2. The zero-order chi connectivity index (χ0) is 29.5. The van der Waals surface area contributed by atoms with E-state index in [1.54, 1.807) is 4.90 Å². The summed E-state index contributed by atoms with van der Waals surface area (Å²) in [6.45, 7) is 3.68. The van der Waals surface area contributed by atoms with Crippen LogP contribution in [0, 0.1) is 17.5 Å². The van der Waals surface area contributed by atoms with E-state index in [0.717, 1.165) is 40.8 Å². The molecule has 3 aromatic heterocycles. The monoisotopic (exact) mass is 628 g/mol. The number of pyridine rings is 1. The van der Waals surface area contributed by atoms with Crippen molar-refractivity contribution in [1.82, 2.24) is 18.1 Å². The Balaban J connectivity index is 1.44. The number of piperazine rings is 1. The average Bonchev–Trinajstić information content (AvgIpc) is 3.31. The SMILES string of the molecule is CC(C)S(=O)(=O)n1ccc(S(=O)(=O)n2nc(N3CCN(c4ncc(F)cc4F)CC34CC4)c3c(Cl)ccc(F)c32)c1. The van der Waals surface area contributed by atoms with Gasteiger partial charge in [-0.25, -0.2) is 26.6 Å². The smallest absolute Gasteiger partial charge is 0.285 e. The largest absolute Gasteiger partial charge is 0.350 e. The van der Waals surface area contributed by atoms with E-state index in [0.29, 0.717) is 16.9 Å². The molecule has 2 fully saturated rings. The minimum absolute atomic E-state index is 0.000212. The molecule has 0 amide bonds. The number of halogens is 4. The van der Waals surface area contributed by atoms with Gasteiger partial charge in [-0.05, 0) is 44.9 Å². The maximum absolute atomic E-state index is 15.3. The van der Waals surface area contributed by atoms with Gasteiger partial charge in [0.1, 0.15) is 16.2 Å². The molecule has 0 bridgehead atoms. The molecule has 1 saturated carbocycles. The van der Waals surface area contributed by atoms with Crippen molar-refractivity contribution in [3.8, 4) is 0 Å². The normalized spacial score (nSPS) is 17.2. The number of hydrogen-bond acceptors (Lipinski definition) is 8. The van der Waals surface area contributed by atoms with Crippen molar-refractivity contribution >= 4 is 54.2 Å². The van der Waals surface area contributed by atoms with E-state index in [1.807, 2.05) is 4.90 Å². The molecular weight excluding hydrogens is 605 g/mol. The number of rotatable bonds is 6. The second kappa shape index (κ2) is 9.36. The van der Waals surface area contributed by atoms with Crippen molar-refractivity contribution < 1.29 is 30.0 Å². The zero-order valence-corrected chi connectivity index (χ0v) is 24.2. The fraction of sp³-hybridized carbons (Fsp3) is 0.360. The maximum Gasteiger partial charge on any atom is 0.285 e. The molecule has 16 heteroatoms. The highest BCUT2D eigenvalue weighted by molar-refractivity contribution is 7.91. The fourth-order valence-corrected chi connectivity index (χ4v) is 7.77. The lowest BCUT2D eigenvalue weighted by Crippen LogP contribution is -2.56. The molecule has 1 aliphatic heterocycles. The molecule has 10 nitrogen and oxygen atoms in total. The standard InChI is InChI=1S/C25H24ClF3N6O4S2/c1-15(2)40(36,37)33-8-5-17(13-33)41(38,39)35-22-19(28)4-3-18(26)21(22)24(31-35)34-10-9-32(14-25(34)6-7-25)23-20(29)11-16(27)12-30-23/h3-5,8,11-13,15H,6-7,9-10,14H2,1-2H3. The van der Waals surface area contributed by atoms with Gasteiger partial charge < -0.3 is 9.80 Å². The first-order valence-corrected chi connectivity index (χ1v) is 16.0. The van der Waals surface area contributed by atoms with Crippen molar-refractivity contribution in [3.05, 3.63) is 65.3 Å². The van der Waals surface area contributed by atoms with Crippen molar-refractivity contribution in [2.24, 2.45) is 0 Å². The molecule has 4 aromatic rings. The van der Waals surface area contributed by atoms with E-state index in [1.165, 1.54) is 19.9 Å². The third-order valence-electron chi connectivity index (χ3n) is 7.56. The van der Waals surface area contributed by atoms with E-state index in [-0.39, 0.29) is 47.2 Å². The molecule has 218 valence electrons. The Labute approximate surface area is 239 Å². The minimum Gasteiger partial charge on any atom is -0.350 e. The predicted octanol–water partition coefficient (Wildman–Crippen LogP) is 3.99. The Bertz CT molecular complexity index is 1920. The Kier molecular flexibility index (Phi) is 6.36. The summed E-state index contributed by atoms with van der Waals surface area (Å²) in [7, 11) is -8.43. The summed E-state index contributed by atoms with van der Waals surface area (Å²) in [5.41, 5.74) is -0.975. The lowest BCUT2D eigenvalue weighted by atomic mass is 10.1. The summed E-state index contributed by atoms with van der Waals surface area (Å²) in [5, 5.41) is 3.70. The Hall–Kier alpha value is -3.30. The first-order chi connectivity index (χ1) is 19.3. The van der Waals surface area contributed by atoms with Crippen LogP contribution in [0.25, 0.3) is 10.9 Å². The average molecular weight is 629 g/mol. The molecule has 2 aliphatic rings. The van der Waals surface area contributed by atoms with Gasteiger partial charge in [-0.3, -0.25) is 3.97 Å². The van der Waals surface area contributed by atoms with E-state index in [4.69, 9.17) is 11.6 Å². The third kappa shape index (κ3) is 4.36. The third-order valence-corrected chi connectivity index (χ3v) is 11.4. The Morgan fingerprint density at radius 2 is 1.73 bits per heavy atom. The van der Waals surface area contributed by atoms with Crippen LogP contribution in [-0.4, -0.2) is 65.4 Å². The number of fused-ring (bicyclic) bond motifs is 1. The minimum atomic E-state index is -4.58. The van der Waals surface area contributed by atoms with Crippen LogP contribution in [0.3, 0.4) is 0 Å². The van der Waals surface area contributed by atoms with Gasteiger partial charge in [0, 0.05) is 38.1 Å². The maximum atomic E-state index is 15.3. The van der Waals surface area contributed by atoms with E-state index >= 15 is 4.39 Å². The highest BCUT2D eigenvalue weighted by Gasteiger charge is 2.53. The first-order valence-electron chi connectivity index (χ1n) is 12.6. The van der Waals surface area contributed by atoms with Crippen LogP contribution in [0.4, 0.5) is 24.8 Å². The second-order valence-corrected chi connectivity index (χ2v) is 15.0. The summed E-state index contributed by atoms with van der Waals surface area (Å²) >= 11 is 6.50. The van der Waals surface area contributed by atoms with Gasteiger partial charge in [0.15, 0.2) is 23.3 Å². The number of benzene rings is 1. The molecule has 6 rings (SSSR count). The van der Waals surface area contributed by atoms with Gasteiger partial charge in [0.05, 0.1) is 27.4 Å². The summed E-state index contributed by atoms with van der Waals surface area (Å²) < 4.78 is 97.3. The molecule has 1 aliphatic carbocycles. The molecule has 4 heterocycles. The molecule has 0 atom stereocenters. The van der Waals surface area contributed by atoms with Crippen molar-refractivity contribution in [2.75, 3.05) is 29.4 Å². The number of hydrogen-bond donors (Lipinski definition) is 0. The quantitative estimate of drug-likeness (QED) is 0.315. The van der Waals surface area contributed by atoms with E-state index in [2.05, 4.69) is 10.1 Å². The van der Waals surface area contributed by atoms with Crippen LogP contribution in [0.2, 0.25) is 5.02 Å². The number of nitrogens with zero attached hydrogens (tertiary/aromatic N) is 6. The Morgan fingerprint density at radius 3 is 2.39 bits per heavy atom. The van der Waals surface area contributed by atoms with Crippen LogP contribution >= 0.6 is 11.6 Å². The highest BCUT2D eigenvalue weighted by atomic mass is 35.5. The second-order valence-electron chi connectivity index (χ2n) is 10.5. The van der Waals surface area contributed by atoms with Crippen molar-refractivity contribution in [3.63, 3.8) is 0 Å².